The largest absolute Gasteiger partial charge is 0.356 e. The Morgan fingerprint density at radius 2 is 2.00 bits per heavy atom. The Morgan fingerprint density at radius 3 is 2.67 bits per heavy atom. The fraction of sp³-hybridized carbons (Fsp3) is 0.615. The zero-order valence-corrected chi connectivity index (χ0v) is 11.0. The molecule has 0 radical (unpaired) electrons. The van der Waals surface area contributed by atoms with Crippen LogP contribution in [0.3, 0.4) is 0 Å². The van der Waals surface area contributed by atoms with Gasteiger partial charge in [-0.25, -0.2) is 9.97 Å². The monoisotopic (exact) mass is 245 g/mol. The molecule has 1 aromatic rings. The van der Waals surface area contributed by atoms with E-state index in [9.17, 15) is 0 Å². The average molecular weight is 245 g/mol. The van der Waals surface area contributed by atoms with Crippen LogP contribution in [0.25, 0.3) is 0 Å². The lowest BCUT2D eigenvalue weighted by Crippen LogP contribution is -2.31. The van der Waals surface area contributed by atoms with E-state index in [4.69, 9.17) is 5.26 Å². The van der Waals surface area contributed by atoms with Crippen LogP contribution in [0.1, 0.15) is 33.1 Å². The van der Waals surface area contributed by atoms with Crippen molar-refractivity contribution < 1.29 is 0 Å². The van der Waals surface area contributed by atoms with E-state index in [2.05, 4.69) is 26.3 Å². The van der Waals surface area contributed by atoms with Crippen LogP contribution < -0.4 is 10.2 Å². The van der Waals surface area contributed by atoms with Crippen molar-refractivity contribution in [3.8, 4) is 6.07 Å². The van der Waals surface area contributed by atoms with E-state index in [0.717, 1.165) is 18.9 Å². The summed E-state index contributed by atoms with van der Waals surface area (Å²) in [4.78, 5) is 10.8. The molecular weight excluding hydrogens is 226 g/mol. The maximum atomic E-state index is 9.01. The third-order valence-corrected chi connectivity index (χ3v) is 3.05. The molecule has 0 bridgehead atoms. The van der Waals surface area contributed by atoms with Crippen LogP contribution in [-0.4, -0.2) is 28.6 Å². The molecule has 0 amide bonds. The molecule has 96 valence electrons. The Balaban J connectivity index is 2.12. The third kappa shape index (κ3) is 3.10. The van der Waals surface area contributed by atoms with Crippen molar-refractivity contribution in [2.75, 3.05) is 23.3 Å². The SMILES string of the molecule is CC(C)(C#N)Nc1cc(N2CCCCC2)ncn1. The molecule has 1 N–H and O–H groups in total. The summed E-state index contributed by atoms with van der Waals surface area (Å²) in [5, 5.41) is 12.1. The van der Waals surface area contributed by atoms with Crippen LogP contribution >= 0.6 is 0 Å². The molecule has 1 aliphatic heterocycles. The van der Waals surface area contributed by atoms with E-state index < -0.39 is 5.54 Å². The van der Waals surface area contributed by atoms with Gasteiger partial charge >= 0.3 is 0 Å². The van der Waals surface area contributed by atoms with E-state index in [-0.39, 0.29) is 0 Å². The minimum atomic E-state index is -0.618. The minimum absolute atomic E-state index is 0.618. The minimum Gasteiger partial charge on any atom is -0.356 e. The number of rotatable bonds is 3. The zero-order chi connectivity index (χ0) is 13.0. The number of hydrogen-bond donors (Lipinski definition) is 1. The molecule has 1 fully saturated rings. The highest BCUT2D eigenvalue weighted by atomic mass is 15.2. The summed E-state index contributed by atoms with van der Waals surface area (Å²) < 4.78 is 0. The summed E-state index contributed by atoms with van der Waals surface area (Å²) >= 11 is 0. The first-order valence-corrected chi connectivity index (χ1v) is 6.37. The number of piperidine rings is 1. The van der Waals surface area contributed by atoms with E-state index in [1.54, 1.807) is 6.33 Å². The van der Waals surface area contributed by atoms with Gasteiger partial charge in [-0.1, -0.05) is 0 Å². The van der Waals surface area contributed by atoms with Gasteiger partial charge in [-0.15, -0.1) is 0 Å². The normalized spacial score (nSPS) is 16.2. The van der Waals surface area contributed by atoms with Gasteiger partial charge in [0.05, 0.1) is 6.07 Å². The van der Waals surface area contributed by atoms with Crippen LogP contribution in [0.15, 0.2) is 12.4 Å². The van der Waals surface area contributed by atoms with Crippen LogP contribution in [0, 0.1) is 11.3 Å². The van der Waals surface area contributed by atoms with Crippen molar-refractivity contribution in [3.05, 3.63) is 12.4 Å². The third-order valence-electron chi connectivity index (χ3n) is 3.05. The van der Waals surface area contributed by atoms with E-state index in [1.165, 1.54) is 19.3 Å². The van der Waals surface area contributed by atoms with Crippen molar-refractivity contribution in [3.63, 3.8) is 0 Å². The quantitative estimate of drug-likeness (QED) is 0.884. The molecular formula is C13H19N5. The van der Waals surface area contributed by atoms with Crippen molar-refractivity contribution in [2.24, 2.45) is 0 Å². The van der Waals surface area contributed by atoms with Crippen LogP contribution in [0.2, 0.25) is 0 Å². The highest BCUT2D eigenvalue weighted by molar-refractivity contribution is 5.50. The molecule has 0 saturated carbocycles. The molecule has 0 atom stereocenters. The van der Waals surface area contributed by atoms with E-state index >= 15 is 0 Å². The Kier molecular flexibility index (Phi) is 3.66. The van der Waals surface area contributed by atoms with Crippen molar-refractivity contribution in [1.29, 1.82) is 5.26 Å². The van der Waals surface area contributed by atoms with Crippen molar-refractivity contribution >= 4 is 11.6 Å². The number of anilines is 2. The topological polar surface area (TPSA) is 64.8 Å². The average Bonchev–Trinajstić information content (AvgIpc) is 2.40. The summed E-state index contributed by atoms with van der Waals surface area (Å²) in [6.07, 6.45) is 5.29. The number of nitriles is 1. The summed E-state index contributed by atoms with van der Waals surface area (Å²) in [6, 6.07) is 4.12. The Hall–Kier alpha value is -1.83. The summed E-state index contributed by atoms with van der Waals surface area (Å²) in [7, 11) is 0. The first-order chi connectivity index (χ1) is 8.61. The van der Waals surface area contributed by atoms with Gasteiger partial charge in [0.15, 0.2) is 0 Å². The van der Waals surface area contributed by atoms with Gasteiger partial charge in [0, 0.05) is 19.2 Å². The standard InChI is InChI=1S/C13H19N5/c1-13(2,9-14)17-11-8-12(16-10-15-11)18-6-4-3-5-7-18/h8,10H,3-7H2,1-2H3,(H,15,16,17). The maximum Gasteiger partial charge on any atom is 0.134 e. The predicted molar refractivity (Wildman–Crippen MR) is 71.4 cm³/mol. The van der Waals surface area contributed by atoms with Crippen molar-refractivity contribution in [2.45, 2.75) is 38.6 Å². The molecule has 2 heterocycles. The lowest BCUT2D eigenvalue weighted by Gasteiger charge is -2.28. The predicted octanol–water partition coefficient (Wildman–Crippen LogP) is 2.18. The number of aromatic nitrogens is 2. The zero-order valence-electron chi connectivity index (χ0n) is 11.0. The molecule has 0 unspecified atom stereocenters. The first kappa shape index (κ1) is 12.6. The molecule has 5 heteroatoms. The van der Waals surface area contributed by atoms with Crippen LogP contribution in [0.4, 0.5) is 11.6 Å². The second kappa shape index (κ2) is 5.21. The summed E-state index contributed by atoms with van der Waals surface area (Å²) in [5.74, 6) is 1.65. The second-order valence-corrected chi connectivity index (χ2v) is 5.17. The second-order valence-electron chi connectivity index (χ2n) is 5.17. The molecule has 0 aliphatic carbocycles. The van der Waals surface area contributed by atoms with Gasteiger partial charge in [0.2, 0.25) is 0 Å². The molecule has 2 rings (SSSR count). The Morgan fingerprint density at radius 1 is 1.28 bits per heavy atom. The molecule has 0 aromatic carbocycles. The van der Waals surface area contributed by atoms with Gasteiger partial charge in [-0.05, 0) is 33.1 Å². The Labute approximate surface area is 108 Å². The van der Waals surface area contributed by atoms with E-state index in [1.807, 2.05) is 19.9 Å². The molecule has 1 saturated heterocycles. The highest BCUT2D eigenvalue weighted by Crippen LogP contribution is 2.20. The lowest BCUT2D eigenvalue weighted by atomic mass is 10.1. The van der Waals surface area contributed by atoms with E-state index in [0.29, 0.717) is 5.82 Å². The number of hydrogen-bond acceptors (Lipinski definition) is 5. The van der Waals surface area contributed by atoms with Gasteiger partial charge in [-0.3, -0.25) is 0 Å². The molecule has 5 nitrogen and oxygen atoms in total. The summed E-state index contributed by atoms with van der Waals surface area (Å²) in [6.45, 7) is 5.77. The summed E-state index contributed by atoms with van der Waals surface area (Å²) in [5.41, 5.74) is -0.618. The molecule has 18 heavy (non-hydrogen) atoms. The number of nitrogens with one attached hydrogen (secondary N) is 1. The molecule has 1 aromatic heterocycles. The smallest absolute Gasteiger partial charge is 0.134 e. The lowest BCUT2D eigenvalue weighted by molar-refractivity contribution is 0.573. The number of nitrogens with zero attached hydrogens (tertiary/aromatic N) is 4. The van der Waals surface area contributed by atoms with Gasteiger partial charge in [0.1, 0.15) is 23.5 Å². The van der Waals surface area contributed by atoms with Gasteiger partial charge in [0.25, 0.3) is 0 Å². The first-order valence-electron chi connectivity index (χ1n) is 6.37. The Bertz CT molecular complexity index is 443. The van der Waals surface area contributed by atoms with Gasteiger partial charge < -0.3 is 10.2 Å². The van der Waals surface area contributed by atoms with Crippen LogP contribution in [-0.2, 0) is 0 Å². The highest BCUT2D eigenvalue weighted by Gasteiger charge is 2.18. The molecule has 1 aliphatic rings. The fourth-order valence-electron chi connectivity index (χ4n) is 2.06. The van der Waals surface area contributed by atoms with Crippen molar-refractivity contribution in [1.82, 2.24) is 9.97 Å². The molecule has 0 spiro atoms. The fourth-order valence-corrected chi connectivity index (χ4v) is 2.06. The maximum absolute atomic E-state index is 9.01. The van der Waals surface area contributed by atoms with Crippen LogP contribution in [0.5, 0.6) is 0 Å². The van der Waals surface area contributed by atoms with Gasteiger partial charge in [-0.2, -0.15) is 5.26 Å².